The van der Waals surface area contributed by atoms with Crippen LogP contribution in [0.15, 0.2) is 77.3 Å². The van der Waals surface area contributed by atoms with Crippen LogP contribution in [-0.2, 0) is 0 Å². The summed E-state index contributed by atoms with van der Waals surface area (Å²) in [7, 11) is 0. The van der Waals surface area contributed by atoms with Crippen LogP contribution in [0.25, 0.3) is 0 Å². The van der Waals surface area contributed by atoms with E-state index in [0.717, 1.165) is 9.37 Å². The summed E-state index contributed by atoms with van der Waals surface area (Å²) < 4.78 is 6.19. The van der Waals surface area contributed by atoms with Crippen LogP contribution < -0.4 is 9.64 Å². The van der Waals surface area contributed by atoms with Crippen molar-refractivity contribution < 1.29 is 19.1 Å². The molecule has 1 aliphatic rings. The number of rotatable bonds is 3. The Hall–Kier alpha value is -3.25. The summed E-state index contributed by atoms with van der Waals surface area (Å²) >= 11 is 3.32. The van der Waals surface area contributed by atoms with Gasteiger partial charge in [-0.15, -0.1) is 0 Å². The van der Waals surface area contributed by atoms with E-state index in [1.807, 2.05) is 0 Å². The molecule has 27 heavy (non-hydrogen) atoms. The highest BCUT2D eigenvalue weighted by molar-refractivity contribution is 9.10. The molecule has 6 heteroatoms. The number of amides is 2. The van der Waals surface area contributed by atoms with Crippen LogP contribution in [0.2, 0.25) is 0 Å². The zero-order valence-corrected chi connectivity index (χ0v) is 15.5. The van der Waals surface area contributed by atoms with Gasteiger partial charge >= 0.3 is 5.97 Å². The monoisotopic (exact) mass is 421 g/mol. The molecule has 0 atom stereocenters. The van der Waals surface area contributed by atoms with Gasteiger partial charge in [-0.2, -0.15) is 0 Å². The lowest BCUT2D eigenvalue weighted by Gasteiger charge is -2.14. The Morgan fingerprint density at radius 2 is 1.33 bits per heavy atom. The predicted octanol–water partition coefficient (Wildman–Crippen LogP) is 4.47. The fourth-order valence-electron chi connectivity index (χ4n) is 2.84. The summed E-state index contributed by atoms with van der Waals surface area (Å²) in [6.45, 7) is 0. The molecule has 0 spiro atoms. The predicted molar refractivity (Wildman–Crippen MR) is 103 cm³/mol. The molecule has 3 aromatic rings. The molecule has 0 N–H and O–H groups in total. The average molecular weight is 422 g/mol. The molecule has 0 saturated carbocycles. The third-order valence-electron chi connectivity index (χ3n) is 4.18. The smallest absolute Gasteiger partial charge is 0.343 e. The molecule has 132 valence electrons. The quantitative estimate of drug-likeness (QED) is 0.355. The second-order valence-electron chi connectivity index (χ2n) is 5.88. The number of halogens is 1. The number of hydrogen-bond donors (Lipinski definition) is 0. The van der Waals surface area contributed by atoms with Gasteiger partial charge in [0.05, 0.1) is 22.4 Å². The normalized spacial score (nSPS) is 12.9. The highest BCUT2D eigenvalue weighted by Gasteiger charge is 2.36. The lowest BCUT2D eigenvalue weighted by Crippen LogP contribution is -2.29. The highest BCUT2D eigenvalue weighted by Crippen LogP contribution is 2.28. The minimum atomic E-state index is -0.522. The fraction of sp³-hybridized carbons (Fsp3) is 0. The maximum Gasteiger partial charge on any atom is 0.343 e. The molecular weight excluding hydrogens is 410 g/mol. The molecule has 3 aromatic carbocycles. The zero-order chi connectivity index (χ0) is 19.0. The first kappa shape index (κ1) is 17.2. The van der Waals surface area contributed by atoms with Crippen LogP contribution in [0.5, 0.6) is 5.75 Å². The first-order valence-corrected chi connectivity index (χ1v) is 8.89. The number of carbonyl (C=O) groups excluding carboxylic acids is 3. The van der Waals surface area contributed by atoms with Gasteiger partial charge in [-0.05, 0) is 60.7 Å². The fourth-order valence-corrected chi connectivity index (χ4v) is 3.10. The van der Waals surface area contributed by atoms with Crippen molar-refractivity contribution in [3.8, 4) is 5.75 Å². The number of anilines is 1. The number of carbonyl (C=O) groups is 3. The molecule has 5 nitrogen and oxygen atoms in total. The summed E-state index contributed by atoms with van der Waals surface area (Å²) in [5.41, 5.74) is 1.47. The number of ether oxygens (including phenoxy) is 1. The standard InChI is InChI=1S/C21H12BrNO4/c22-14-7-11-16(12-8-14)27-21(26)13-5-9-15(10-6-13)23-19(24)17-3-1-2-4-18(17)20(23)25/h1-12H. The molecular formula is C21H12BrNO4. The van der Waals surface area contributed by atoms with Crippen LogP contribution in [0.1, 0.15) is 31.1 Å². The number of fused-ring (bicyclic) bond motifs is 1. The molecule has 0 fully saturated rings. The molecule has 0 radical (unpaired) electrons. The Morgan fingerprint density at radius 3 is 1.89 bits per heavy atom. The minimum Gasteiger partial charge on any atom is -0.423 e. The molecule has 1 aliphatic heterocycles. The Kier molecular flexibility index (Phi) is 4.33. The largest absolute Gasteiger partial charge is 0.423 e. The van der Waals surface area contributed by atoms with Crippen molar-refractivity contribution in [1.82, 2.24) is 0 Å². The summed E-state index contributed by atoms with van der Waals surface area (Å²) in [5.74, 6) is -0.847. The molecule has 2 amide bonds. The number of hydrogen-bond acceptors (Lipinski definition) is 4. The number of nitrogens with zero attached hydrogens (tertiary/aromatic N) is 1. The number of benzene rings is 3. The SMILES string of the molecule is O=C(Oc1ccc(Br)cc1)c1ccc(N2C(=O)c3ccccc3C2=O)cc1. The third-order valence-corrected chi connectivity index (χ3v) is 4.71. The van der Waals surface area contributed by atoms with Gasteiger partial charge < -0.3 is 4.74 Å². The molecule has 4 rings (SSSR count). The van der Waals surface area contributed by atoms with Crippen molar-refractivity contribution in [1.29, 1.82) is 0 Å². The molecule has 0 bridgehead atoms. The van der Waals surface area contributed by atoms with E-state index in [-0.39, 0.29) is 11.8 Å². The molecule has 0 aromatic heterocycles. The Balaban J connectivity index is 1.54. The van der Waals surface area contributed by atoms with Crippen molar-refractivity contribution in [3.05, 3.63) is 94.0 Å². The number of imide groups is 1. The van der Waals surface area contributed by atoms with Crippen molar-refractivity contribution in [2.24, 2.45) is 0 Å². The van der Waals surface area contributed by atoms with Crippen molar-refractivity contribution in [3.63, 3.8) is 0 Å². The summed E-state index contributed by atoms with van der Waals surface area (Å²) in [6.07, 6.45) is 0. The van der Waals surface area contributed by atoms with E-state index in [1.54, 1.807) is 60.7 Å². The highest BCUT2D eigenvalue weighted by atomic mass is 79.9. The molecule has 0 saturated heterocycles. The summed E-state index contributed by atoms with van der Waals surface area (Å²) in [6, 6.07) is 19.7. The van der Waals surface area contributed by atoms with E-state index < -0.39 is 5.97 Å². The van der Waals surface area contributed by atoms with E-state index in [0.29, 0.717) is 28.1 Å². The van der Waals surface area contributed by atoms with Gasteiger partial charge in [0.2, 0.25) is 0 Å². The van der Waals surface area contributed by atoms with E-state index in [2.05, 4.69) is 15.9 Å². The Morgan fingerprint density at radius 1 is 0.778 bits per heavy atom. The van der Waals surface area contributed by atoms with Gasteiger partial charge in [-0.1, -0.05) is 28.1 Å². The van der Waals surface area contributed by atoms with Crippen molar-refractivity contribution in [2.75, 3.05) is 4.90 Å². The Bertz CT molecular complexity index is 1020. The second kappa shape index (κ2) is 6.81. The van der Waals surface area contributed by atoms with Gasteiger partial charge in [0, 0.05) is 4.47 Å². The van der Waals surface area contributed by atoms with Crippen LogP contribution in [0, 0.1) is 0 Å². The lowest BCUT2D eigenvalue weighted by molar-refractivity contribution is 0.0734. The second-order valence-corrected chi connectivity index (χ2v) is 6.80. The van der Waals surface area contributed by atoms with Crippen LogP contribution in [-0.4, -0.2) is 17.8 Å². The summed E-state index contributed by atoms with van der Waals surface area (Å²) in [5, 5.41) is 0. The molecule has 0 unspecified atom stereocenters. The maximum atomic E-state index is 12.5. The summed E-state index contributed by atoms with van der Waals surface area (Å²) in [4.78, 5) is 38.4. The van der Waals surface area contributed by atoms with Gasteiger partial charge in [-0.25, -0.2) is 9.69 Å². The number of esters is 1. The van der Waals surface area contributed by atoms with Crippen molar-refractivity contribution in [2.45, 2.75) is 0 Å². The van der Waals surface area contributed by atoms with E-state index in [9.17, 15) is 14.4 Å². The lowest BCUT2D eigenvalue weighted by atomic mass is 10.1. The van der Waals surface area contributed by atoms with Gasteiger partial charge in [0.15, 0.2) is 0 Å². The molecule has 1 heterocycles. The maximum absolute atomic E-state index is 12.5. The molecule has 0 aliphatic carbocycles. The van der Waals surface area contributed by atoms with Gasteiger partial charge in [-0.3, -0.25) is 9.59 Å². The van der Waals surface area contributed by atoms with Crippen LogP contribution >= 0.6 is 15.9 Å². The van der Waals surface area contributed by atoms with E-state index in [4.69, 9.17) is 4.74 Å². The van der Waals surface area contributed by atoms with Crippen LogP contribution in [0.4, 0.5) is 5.69 Å². The van der Waals surface area contributed by atoms with Crippen molar-refractivity contribution >= 4 is 39.4 Å². The van der Waals surface area contributed by atoms with E-state index >= 15 is 0 Å². The minimum absolute atomic E-state index is 0.318. The third kappa shape index (κ3) is 3.15. The average Bonchev–Trinajstić information content (AvgIpc) is 2.95. The van der Waals surface area contributed by atoms with E-state index in [1.165, 1.54) is 12.1 Å². The van der Waals surface area contributed by atoms with Gasteiger partial charge in [0.25, 0.3) is 11.8 Å². The first-order valence-electron chi connectivity index (χ1n) is 8.10. The zero-order valence-electron chi connectivity index (χ0n) is 13.9. The topological polar surface area (TPSA) is 63.7 Å². The Labute approximate surface area is 163 Å². The van der Waals surface area contributed by atoms with Gasteiger partial charge in [0.1, 0.15) is 5.75 Å². The first-order chi connectivity index (χ1) is 13.0. The van der Waals surface area contributed by atoms with Crippen LogP contribution in [0.3, 0.4) is 0 Å².